The molecule has 3 aromatic rings. The highest BCUT2D eigenvalue weighted by molar-refractivity contribution is 5.51. The molecule has 0 bridgehead atoms. The van der Waals surface area contributed by atoms with Gasteiger partial charge in [-0.25, -0.2) is 4.98 Å². The van der Waals surface area contributed by atoms with Crippen LogP contribution in [0.3, 0.4) is 0 Å². The third-order valence-electron chi connectivity index (χ3n) is 4.73. The number of fused-ring (bicyclic) bond motifs is 1. The molecule has 7 nitrogen and oxygen atoms in total. The van der Waals surface area contributed by atoms with Gasteiger partial charge < -0.3 is 9.64 Å². The Morgan fingerprint density at radius 2 is 2.08 bits per heavy atom. The zero-order valence-electron chi connectivity index (χ0n) is 15.1. The second kappa shape index (κ2) is 7.80. The largest absolute Gasteiger partial charge is 0.378 e. The maximum Gasteiger partial charge on any atom is 0.157 e. The lowest BCUT2D eigenvalue weighted by Crippen LogP contribution is -2.31. The molecule has 4 rings (SSSR count). The Hall–Kier alpha value is -2.51. The van der Waals surface area contributed by atoms with E-state index in [0.29, 0.717) is 6.61 Å². The summed E-state index contributed by atoms with van der Waals surface area (Å²) in [6, 6.07) is 8.18. The van der Waals surface area contributed by atoms with Crippen molar-refractivity contribution in [3.05, 3.63) is 54.1 Å². The van der Waals surface area contributed by atoms with Crippen LogP contribution in [0.25, 0.3) is 5.65 Å². The van der Waals surface area contributed by atoms with Crippen LogP contribution in [0.5, 0.6) is 0 Å². The molecule has 3 aromatic heterocycles. The van der Waals surface area contributed by atoms with Crippen molar-refractivity contribution in [1.82, 2.24) is 24.5 Å². The normalized spacial score (nSPS) is 16.1. The van der Waals surface area contributed by atoms with E-state index in [9.17, 15) is 0 Å². The average molecular weight is 352 g/mol. The van der Waals surface area contributed by atoms with Crippen molar-refractivity contribution in [3.8, 4) is 0 Å². The maximum absolute atomic E-state index is 5.28. The first-order valence-corrected chi connectivity index (χ1v) is 9.02. The minimum atomic E-state index is 0.510. The zero-order valence-corrected chi connectivity index (χ0v) is 15.1. The Labute approximate surface area is 153 Å². The van der Waals surface area contributed by atoms with Crippen LogP contribution < -0.4 is 4.90 Å². The van der Waals surface area contributed by atoms with E-state index in [1.165, 1.54) is 5.56 Å². The second-order valence-electron chi connectivity index (χ2n) is 6.62. The molecule has 0 amide bonds. The molecule has 26 heavy (non-hydrogen) atoms. The number of methoxy groups -OCH3 is 1. The summed E-state index contributed by atoms with van der Waals surface area (Å²) in [7, 11) is 1.70. The average Bonchev–Trinajstić information content (AvgIpc) is 3.01. The topological polar surface area (TPSA) is 58.8 Å². The van der Waals surface area contributed by atoms with E-state index in [4.69, 9.17) is 4.74 Å². The molecule has 0 aliphatic carbocycles. The van der Waals surface area contributed by atoms with Gasteiger partial charge in [0.2, 0.25) is 0 Å². The fourth-order valence-corrected chi connectivity index (χ4v) is 3.50. The van der Waals surface area contributed by atoms with Crippen molar-refractivity contribution in [2.45, 2.75) is 19.6 Å². The van der Waals surface area contributed by atoms with Gasteiger partial charge in [-0.05, 0) is 18.1 Å². The summed E-state index contributed by atoms with van der Waals surface area (Å²) < 4.78 is 7.21. The Kier molecular flexibility index (Phi) is 5.08. The highest BCUT2D eigenvalue weighted by Crippen LogP contribution is 2.20. The van der Waals surface area contributed by atoms with Crippen molar-refractivity contribution in [3.63, 3.8) is 0 Å². The van der Waals surface area contributed by atoms with Crippen LogP contribution in [0.1, 0.15) is 17.7 Å². The van der Waals surface area contributed by atoms with Crippen LogP contribution in [0.15, 0.2) is 42.9 Å². The molecule has 1 aliphatic rings. The summed E-state index contributed by atoms with van der Waals surface area (Å²) >= 11 is 0. The molecule has 0 N–H and O–H groups in total. The first-order chi connectivity index (χ1) is 12.8. The molecule has 0 atom stereocenters. The van der Waals surface area contributed by atoms with Crippen LogP contribution in [0.4, 0.5) is 5.82 Å². The van der Waals surface area contributed by atoms with Crippen molar-refractivity contribution >= 4 is 11.5 Å². The van der Waals surface area contributed by atoms with Crippen molar-refractivity contribution in [1.29, 1.82) is 0 Å². The molecular formula is C19H24N6O. The summed E-state index contributed by atoms with van der Waals surface area (Å²) in [5.41, 5.74) is 3.07. The van der Waals surface area contributed by atoms with E-state index in [0.717, 1.165) is 56.3 Å². The third-order valence-corrected chi connectivity index (χ3v) is 4.73. The van der Waals surface area contributed by atoms with E-state index >= 15 is 0 Å². The van der Waals surface area contributed by atoms with Crippen molar-refractivity contribution in [2.75, 3.05) is 38.2 Å². The Morgan fingerprint density at radius 1 is 1.12 bits per heavy atom. The summed E-state index contributed by atoms with van der Waals surface area (Å²) in [5.74, 6) is 1.09. The summed E-state index contributed by atoms with van der Waals surface area (Å²) in [4.78, 5) is 13.7. The lowest BCUT2D eigenvalue weighted by atomic mass is 10.2. The monoisotopic (exact) mass is 352 g/mol. The first kappa shape index (κ1) is 16.9. The molecule has 0 spiro atoms. The highest BCUT2D eigenvalue weighted by atomic mass is 16.5. The van der Waals surface area contributed by atoms with Gasteiger partial charge in [0.15, 0.2) is 5.65 Å². The van der Waals surface area contributed by atoms with E-state index in [2.05, 4.69) is 37.0 Å². The van der Waals surface area contributed by atoms with Gasteiger partial charge >= 0.3 is 0 Å². The van der Waals surface area contributed by atoms with Gasteiger partial charge in [-0.3, -0.25) is 9.88 Å². The smallest absolute Gasteiger partial charge is 0.157 e. The number of pyridine rings is 1. The van der Waals surface area contributed by atoms with Crippen molar-refractivity contribution < 1.29 is 4.74 Å². The predicted octanol–water partition coefficient (Wildman–Crippen LogP) is 1.98. The molecule has 7 heteroatoms. The van der Waals surface area contributed by atoms with E-state index in [1.54, 1.807) is 13.3 Å². The van der Waals surface area contributed by atoms with E-state index < -0.39 is 0 Å². The Morgan fingerprint density at radius 3 is 2.92 bits per heavy atom. The molecule has 0 unspecified atom stereocenters. The number of hydrogen-bond donors (Lipinski definition) is 0. The SMILES string of the molecule is COCc1cc(N2CCCN(Cc3cccnc3)CC2)n2nccc2n1. The standard InChI is InChI=1S/C19H24N6O/c1-26-15-17-12-19(25-18(22-17)5-7-21-25)24-9-3-8-23(10-11-24)14-16-4-2-6-20-13-16/h2,4-7,12-13H,3,8-11,14-15H2,1H3. The summed E-state index contributed by atoms with van der Waals surface area (Å²) in [5, 5.41) is 4.46. The molecule has 1 aliphatic heterocycles. The fraction of sp³-hybridized carbons (Fsp3) is 0.421. The molecule has 1 fully saturated rings. The maximum atomic E-state index is 5.28. The van der Waals surface area contributed by atoms with Crippen LogP contribution in [0, 0.1) is 0 Å². The first-order valence-electron chi connectivity index (χ1n) is 9.02. The van der Waals surface area contributed by atoms with Gasteiger partial charge in [0.05, 0.1) is 18.5 Å². The predicted molar refractivity (Wildman–Crippen MR) is 100 cm³/mol. The van der Waals surface area contributed by atoms with Crippen molar-refractivity contribution in [2.24, 2.45) is 0 Å². The fourth-order valence-electron chi connectivity index (χ4n) is 3.50. The zero-order chi connectivity index (χ0) is 17.8. The van der Waals surface area contributed by atoms with Crippen LogP contribution >= 0.6 is 0 Å². The Bertz CT molecular complexity index is 850. The molecule has 0 saturated carbocycles. The number of anilines is 1. The van der Waals surface area contributed by atoms with E-state index in [1.807, 2.05) is 29.0 Å². The minimum Gasteiger partial charge on any atom is -0.378 e. The lowest BCUT2D eigenvalue weighted by molar-refractivity contribution is 0.181. The molecule has 4 heterocycles. The third kappa shape index (κ3) is 3.68. The summed E-state index contributed by atoms with van der Waals surface area (Å²) in [6.07, 6.45) is 6.69. The number of hydrogen-bond acceptors (Lipinski definition) is 6. The van der Waals surface area contributed by atoms with Crippen LogP contribution in [-0.4, -0.2) is 57.8 Å². The van der Waals surface area contributed by atoms with Gasteiger partial charge in [-0.2, -0.15) is 9.61 Å². The highest BCUT2D eigenvalue weighted by Gasteiger charge is 2.19. The molecule has 1 saturated heterocycles. The number of nitrogens with zero attached hydrogens (tertiary/aromatic N) is 6. The molecule has 0 aromatic carbocycles. The molecule has 0 radical (unpaired) electrons. The molecular weight excluding hydrogens is 328 g/mol. The van der Waals surface area contributed by atoms with Gasteiger partial charge in [-0.1, -0.05) is 6.07 Å². The number of rotatable bonds is 5. The summed E-state index contributed by atoms with van der Waals surface area (Å²) in [6.45, 7) is 5.53. The number of aromatic nitrogens is 4. The van der Waals surface area contributed by atoms with Gasteiger partial charge in [-0.15, -0.1) is 0 Å². The lowest BCUT2D eigenvalue weighted by Gasteiger charge is -2.24. The second-order valence-corrected chi connectivity index (χ2v) is 6.62. The van der Waals surface area contributed by atoms with Gasteiger partial charge in [0.25, 0.3) is 0 Å². The van der Waals surface area contributed by atoms with Crippen LogP contribution in [-0.2, 0) is 17.9 Å². The Balaban J connectivity index is 1.52. The molecule has 136 valence electrons. The minimum absolute atomic E-state index is 0.510. The van der Waals surface area contributed by atoms with Crippen LogP contribution in [0.2, 0.25) is 0 Å². The quantitative estimate of drug-likeness (QED) is 0.700. The van der Waals surface area contributed by atoms with Gasteiger partial charge in [0, 0.05) is 64.4 Å². The van der Waals surface area contributed by atoms with E-state index in [-0.39, 0.29) is 0 Å². The van der Waals surface area contributed by atoms with Gasteiger partial charge in [0.1, 0.15) is 5.82 Å². The number of ether oxygens (including phenoxy) is 1.